The molecule has 0 bridgehead atoms. The zero-order valence-corrected chi connectivity index (χ0v) is 11.0. The molecule has 3 N–H and O–H groups in total. The van der Waals surface area contributed by atoms with Crippen molar-refractivity contribution in [2.45, 2.75) is 12.1 Å². The van der Waals surface area contributed by atoms with Crippen LogP contribution >= 0.6 is 0 Å². The first-order chi connectivity index (χ1) is 8.70. The smallest absolute Gasteiger partial charge is 0.0917 e. The van der Waals surface area contributed by atoms with Gasteiger partial charge in [0.05, 0.1) is 6.10 Å². The Hall–Kier alpha value is -0.940. The number of hydrogen-bond donors (Lipinski definition) is 2. The third-order valence-electron chi connectivity index (χ3n) is 3.67. The fourth-order valence-electron chi connectivity index (χ4n) is 2.51. The van der Waals surface area contributed by atoms with Crippen molar-refractivity contribution >= 4 is 0 Å². The maximum Gasteiger partial charge on any atom is 0.0917 e. The van der Waals surface area contributed by atoms with Crippen molar-refractivity contribution in [3.63, 3.8) is 0 Å². The molecule has 2 rings (SSSR count). The summed E-state index contributed by atoms with van der Waals surface area (Å²) in [6, 6.07) is 10.2. The largest absolute Gasteiger partial charge is 0.387 e. The molecular formula is C14H23N3O. The van der Waals surface area contributed by atoms with Gasteiger partial charge in [0, 0.05) is 38.8 Å². The van der Waals surface area contributed by atoms with E-state index in [2.05, 4.69) is 16.8 Å². The molecule has 1 fully saturated rings. The topological polar surface area (TPSA) is 52.7 Å². The van der Waals surface area contributed by atoms with Crippen LogP contribution in [-0.2, 0) is 0 Å². The van der Waals surface area contributed by atoms with Crippen LogP contribution in [0.5, 0.6) is 0 Å². The van der Waals surface area contributed by atoms with Gasteiger partial charge in [-0.1, -0.05) is 30.3 Å². The third-order valence-corrected chi connectivity index (χ3v) is 3.67. The summed E-state index contributed by atoms with van der Waals surface area (Å²) >= 11 is 0. The van der Waals surface area contributed by atoms with E-state index in [0.717, 1.165) is 25.2 Å². The number of aliphatic hydroxyl groups is 1. The highest BCUT2D eigenvalue weighted by molar-refractivity contribution is 5.17. The second kappa shape index (κ2) is 6.29. The molecule has 1 aromatic carbocycles. The van der Waals surface area contributed by atoms with Crippen molar-refractivity contribution in [2.24, 2.45) is 5.73 Å². The predicted molar refractivity (Wildman–Crippen MR) is 73.3 cm³/mol. The van der Waals surface area contributed by atoms with Crippen LogP contribution in [0.1, 0.15) is 11.7 Å². The monoisotopic (exact) mass is 249 g/mol. The lowest BCUT2D eigenvalue weighted by molar-refractivity contribution is 0.0438. The van der Waals surface area contributed by atoms with E-state index in [4.69, 9.17) is 5.73 Å². The molecule has 0 amide bonds. The van der Waals surface area contributed by atoms with Gasteiger partial charge in [0.1, 0.15) is 0 Å². The second-order valence-corrected chi connectivity index (χ2v) is 5.07. The summed E-state index contributed by atoms with van der Waals surface area (Å²) in [5.41, 5.74) is 6.80. The molecule has 1 aliphatic rings. The van der Waals surface area contributed by atoms with E-state index in [-0.39, 0.29) is 0 Å². The van der Waals surface area contributed by atoms with E-state index >= 15 is 0 Å². The highest BCUT2D eigenvalue weighted by Crippen LogP contribution is 2.17. The Kier molecular flexibility index (Phi) is 4.72. The van der Waals surface area contributed by atoms with Gasteiger partial charge in [0.25, 0.3) is 0 Å². The SMILES string of the molecule is CN1CCN(CC(O)c2ccccc2)C(CN)C1. The molecule has 0 saturated carbocycles. The first-order valence-corrected chi connectivity index (χ1v) is 6.56. The molecule has 4 nitrogen and oxygen atoms in total. The van der Waals surface area contributed by atoms with Crippen LogP contribution in [0.4, 0.5) is 0 Å². The van der Waals surface area contributed by atoms with Gasteiger partial charge in [-0.05, 0) is 12.6 Å². The number of piperazine rings is 1. The summed E-state index contributed by atoms with van der Waals surface area (Å²) in [5, 5.41) is 10.3. The lowest BCUT2D eigenvalue weighted by Gasteiger charge is -2.40. The highest BCUT2D eigenvalue weighted by Gasteiger charge is 2.25. The zero-order chi connectivity index (χ0) is 13.0. The van der Waals surface area contributed by atoms with Gasteiger partial charge < -0.3 is 15.7 Å². The molecule has 2 atom stereocenters. The molecule has 1 saturated heterocycles. The minimum absolute atomic E-state index is 0.349. The first-order valence-electron chi connectivity index (χ1n) is 6.56. The van der Waals surface area contributed by atoms with E-state index in [1.807, 2.05) is 30.3 Å². The number of aliphatic hydroxyl groups excluding tert-OH is 1. The number of hydrogen-bond acceptors (Lipinski definition) is 4. The number of likely N-dealkylation sites (N-methyl/N-ethyl adjacent to an activating group) is 1. The normalized spacial score (nSPS) is 24.1. The van der Waals surface area contributed by atoms with Gasteiger partial charge >= 0.3 is 0 Å². The van der Waals surface area contributed by atoms with Crippen LogP contribution in [-0.4, -0.2) is 60.7 Å². The fourth-order valence-corrected chi connectivity index (χ4v) is 2.51. The molecule has 100 valence electrons. The van der Waals surface area contributed by atoms with Gasteiger partial charge in [-0.3, -0.25) is 4.90 Å². The van der Waals surface area contributed by atoms with Crippen molar-refractivity contribution in [3.05, 3.63) is 35.9 Å². The van der Waals surface area contributed by atoms with Crippen LogP contribution in [0.15, 0.2) is 30.3 Å². The number of β-amino-alcohol motifs (C(OH)–C–C–N with tert-alkyl or cyclic N) is 1. The average Bonchev–Trinajstić information content (AvgIpc) is 2.41. The van der Waals surface area contributed by atoms with Gasteiger partial charge in [-0.2, -0.15) is 0 Å². The van der Waals surface area contributed by atoms with Crippen LogP contribution in [0, 0.1) is 0 Å². The van der Waals surface area contributed by atoms with Gasteiger partial charge in [0.2, 0.25) is 0 Å². The summed E-state index contributed by atoms with van der Waals surface area (Å²) in [5.74, 6) is 0. The van der Waals surface area contributed by atoms with Crippen LogP contribution in [0.2, 0.25) is 0 Å². The van der Waals surface area contributed by atoms with Gasteiger partial charge in [-0.15, -0.1) is 0 Å². The molecule has 1 heterocycles. The summed E-state index contributed by atoms with van der Waals surface area (Å²) in [7, 11) is 2.12. The van der Waals surface area contributed by atoms with Crippen molar-refractivity contribution in [1.29, 1.82) is 0 Å². The van der Waals surface area contributed by atoms with E-state index in [9.17, 15) is 5.11 Å². The first kappa shape index (κ1) is 13.5. The number of nitrogens with two attached hydrogens (primary N) is 1. The molecule has 0 radical (unpaired) electrons. The fraction of sp³-hybridized carbons (Fsp3) is 0.571. The molecule has 18 heavy (non-hydrogen) atoms. The maximum absolute atomic E-state index is 10.3. The lowest BCUT2D eigenvalue weighted by Crippen LogP contribution is -2.55. The Morgan fingerprint density at radius 1 is 1.33 bits per heavy atom. The Balaban J connectivity index is 1.96. The number of nitrogens with zero attached hydrogens (tertiary/aromatic N) is 2. The Morgan fingerprint density at radius 2 is 2.06 bits per heavy atom. The molecule has 0 aromatic heterocycles. The van der Waals surface area contributed by atoms with E-state index < -0.39 is 6.10 Å². The minimum atomic E-state index is -0.427. The van der Waals surface area contributed by atoms with Crippen LogP contribution < -0.4 is 5.73 Å². The van der Waals surface area contributed by atoms with E-state index in [1.165, 1.54) is 0 Å². The number of rotatable bonds is 4. The Labute approximate surface area is 109 Å². The quantitative estimate of drug-likeness (QED) is 0.805. The van der Waals surface area contributed by atoms with Gasteiger partial charge in [0.15, 0.2) is 0 Å². The summed E-state index contributed by atoms with van der Waals surface area (Å²) in [4.78, 5) is 4.60. The van der Waals surface area contributed by atoms with Crippen molar-refractivity contribution < 1.29 is 5.11 Å². The number of benzene rings is 1. The zero-order valence-electron chi connectivity index (χ0n) is 11.0. The Bertz CT molecular complexity index is 357. The summed E-state index contributed by atoms with van der Waals surface area (Å²) in [6.07, 6.45) is -0.427. The lowest BCUT2D eigenvalue weighted by atomic mass is 10.1. The molecule has 4 heteroatoms. The maximum atomic E-state index is 10.3. The van der Waals surface area contributed by atoms with E-state index in [1.54, 1.807) is 0 Å². The molecule has 1 aliphatic heterocycles. The van der Waals surface area contributed by atoms with Gasteiger partial charge in [-0.25, -0.2) is 0 Å². The molecule has 0 aliphatic carbocycles. The standard InChI is InChI=1S/C14H23N3O/c1-16-7-8-17(13(9-15)10-16)11-14(18)12-5-3-2-4-6-12/h2-6,13-14,18H,7-11,15H2,1H3. The minimum Gasteiger partial charge on any atom is -0.387 e. The molecular weight excluding hydrogens is 226 g/mol. The average molecular weight is 249 g/mol. The van der Waals surface area contributed by atoms with E-state index in [0.29, 0.717) is 19.1 Å². The highest BCUT2D eigenvalue weighted by atomic mass is 16.3. The predicted octanol–water partition coefficient (Wildman–Crippen LogP) is 0.295. The van der Waals surface area contributed by atoms with Crippen LogP contribution in [0.3, 0.4) is 0 Å². The third kappa shape index (κ3) is 3.29. The molecule has 0 spiro atoms. The molecule has 2 unspecified atom stereocenters. The van der Waals surface area contributed by atoms with Crippen molar-refractivity contribution in [2.75, 3.05) is 39.8 Å². The van der Waals surface area contributed by atoms with Crippen molar-refractivity contribution in [1.82, 2.24) is 9.80 Å². The Morgan fingerprint density at radius 3 is 2.72 bits per heavy atom. The molecule has 1 aromatic rings. The summed E-state index contributed by atoms with van der Waals surface area (Å²) < 4.78 is 0. The van der Waals surface area contributed by atoms with Crippen molar-refractivity contribution in [3.8, 4) is 0 Å². The second-order valence-electron chi connectivity index (χ2n) is 5.07. The summed E-state index contributed by atoms with van der Waals surface area (Å²) in [6.45, 7) is 4.31. The van der Waals surface area contributed by atoms with Crippen LogP contribution in [0.25, 0.3) is 0 Å².